The molecule has 0 heterocycles. The van der Waals surface area contributed by atoms with Gasteiger partial charge in [-0.05, 0) is 30.2 Å². The molecule has 0 saturated heterocycles. The van der Waals surface area contributed by atoms with Crippen LogP contribution in [0.25, 0.3) is 0 Å². The summed E-state index contributed by atoms with van der Waals surface area (Å²) < 4.78 is 5.75. The van der Waals surface area contributed by atoms with Crippen LogP contribution in [-0.4, -0.2) is 18.3 Å². The lowest BCUT2D eigenvalue weighted by atomic mass is 9.84. The minimum Gasteiger partial charge on any atom is -0.396 e. The normalized spacial score (nSPS) is 23.8. The summed E-state index contributed by atoms with van der Waals surface area (Å²) in [6, 6.07) is 10.2. The van der Waals surface area contributed by atoms with Crippen LogP contribution in [0.4, 0.5) is 0 Å². The molecule has 2 atom stereocenters. The van der Waals surface area contributed by atoms with E-state index in [-0.39, 0.29) is 6.61 Å². The molecular formula is C15H20O2. The molecule has 1 aromatic carbocycles. The Kier molecular flexibility index (Phi) is 4.77. The van der Waals surface area contributed by atoms with Crippen LogP contribution in [0, 0.1) is 11.8 Å². The van der Waals surface area contributed by atoms with Crippen molar-refractivity contribution in [1.29, 1.82) is 0 Å². The molecule has 1 aliphatic carbocycles. The minimum atomic E-state index is 0.268. The van der Waals surface area contributed by atoms with Crippen molar-refractivity contribution >= 4 is 0 Å². The molecule has 0 spiro atoms. The topological polar surface area (TPSA) is 29.5 Å². The van der Waals surface area contributed by atoms with Crippen molar-refractivity contribution in [3.8, 4) is 0 Å². The van der Waals surface area contributed by atoms with Gasteiger partial charge in [0.2, 0.25) is 0 Å². The maximum Gasteiger partial charge on any atom is 0.0717 e. The molecule has 0 amide bonds. The van der Waals surface area contributed by atoms with Crippen LogP contribution in [0.3, 0.4) is 0 Å². The number of allylic oxidation sites excluding steroid dienone is 2. The third-order valence-electron chi connectivity index (χ3n) is 3.39. The van der Waals surface area contributed by atoms with E-state index >= 15 is 0 Å². The molecule has 17 heavy (non-hydrogen) atoms. The molecule has 0 fully saturated rings. The highest BCUT2D eigenvalue weighted by atomic mass is 16.5. The van der Waals surface area contributed by atoms with Gasteiger partial charge >= 0.3 is 0 Å². The molecular weight excluding hydrogens is 212 g/mol. The second-order valence-corrected chi connectivity index (χ2v) is 4.65. The predicted octanol–water partition coefficient (Wildman–Crippen LogP) is 2.78. The molecule has 1 N–H and O–H groups in total. The van der Waals surface area contributed by atoms with E-state index in [2.05, 4.69) is 24.3 Å². The van der Waals surface area contributed by atoms with Gasteiger partial charge in [0.15, 0.2) is 0 Å². The minimum absolute atomic E-state index is 0.268. The average molecular weight is 232 g/mol. The number of aliphatic hydroxyl groups excluding tert-OH is 1. The summed E-state index contributed by atoms with van der Waals surface area (Å²) in [5.74, 6) is 0.837. The van der Waals surface area contributed by atoms with Crippen LogP contribution >= 0.6 is 0 Å². The van der Waals surface area contributed by atoms with Crippen molar-refractivity contribution in [3.05, 3.63) is 48.0 Å². The highest BCUT2D eigenvalue weighted by molar-refractivity contribution is 5.13. The number of rotatable bonds is 5. The maximum absolute atomic E-state index is 9.29. The molecule has 0 unspecified atom stereocenters. The monoisotopic (exact) mass is 232 g/mol. The van der Waals surface area contributed by atoms with E-state index in [1.807, 2.05) is 18.2 Å². The second kappa shape index (κ2) is 6.58. The van der Waals surface area contributed by atoms with Crippen LogP contribution in [0.5, 0.6) is 0 Å². The zero-order valence-corrected chi connectivity index (χ0v) is 10.1. The van der Waals surface area contributed by atoms with Gasteiger partial charge in [-0.2, -0.15) is 0 Å². The summed E-state index contributed by atoms with van der Waals surface area (Å²) in [5.41, 5.74) is 1.21. The average Bonchev–Trinajstić information content (AvgIpc) is 2.40. The lowest BCUT2D eigenvalue weighted by Gasteiger charge is -2.26. The molecule has 1 aromatic rings. The Balaban J connectivity index is 1.76. The van der Waals surface area contributed by atoms with Crippen LogP contribution in [-0.2, 0) is 11.3 Å². The molecule has 0 saturated carbocycles. The van der Waals surface area contributed by atoms with Gasteiger partial charge in [0.05, 0.1) is 13.2 Å². The van der Waals surface area contributed by atoms with Crippen molar-refractivity contribution < 1.29 is 9.84 Å². The van der Waals surface area contributed by atoms with Crippen molar-refractivity contribution in [3.63, 3.8) is 0 Å². The van der Waals surface area contributed by atoms with Crippen LogP contribution in [0.15, 0.2) is 42.5 Å². The van der Waals surface area contributed by atoms with Crippen LogP contribution in [0.2, 0.25) is 0 Å². The van der Waals surface area contributed by atoms with E-state index in [1.54, 1.807) is 0 Å². The van der Waals surface area contributed by atoms with Gasteiger partial charge in [-0.3, -0.25) is 0 Å². The van der Waals surface area contributed by atoms with E-state index in [0.29, 0.717) is 18.4 Å². The van der Waals surface area contributed by atoms with Gasteiger partial charge in [0.25, 0.3) is 0 Å². The van der Waals surface area contributed by atoms with E-state index in [4.69, 9.17) is 4.74 Å². The van der Waals surface area contributed by atoms with E-state index < -0.39 is 0 Å². The number of ether oxygens (including phenoxy) is 1. The Hall–Kier alpha value is -1.12. The highest BCUT2D eigenvalue weighted by Crippen LogP contribution is 2.25. The lowest BCUT2D eigenvalue weighted by molar-refractivity contribution is 0.0486. The molecule has 0 bridgehead atoms. The fourth-order valence-electron chi connectivity index (χ4n) is 2.26. The van der Waals surface area contributed by atoms with Gasteiger partial charge < -0.3 is 9.84 Å². The van der Waals surface area contributed by atoms with E-state index in [9.17, 15) is 5.11 Å². The molecule has 2 heteroatoms. The van der Waals surface area contributed by atoms with Gasteiger partial charge in [-0.1, -0.05) is 42.5 Å². The van der Waals surface area contributed by atoms with Crippen molar-refractivity contribution in [2.75, 3.05) is 13.2 Å². The number of benzene rings is 1. The summed E-state index contributed by atoms with van der Waals surface area (Å²) in [4.78, 5) is 0. The quantitative estimate of drug-likeness (QED) is 0.791. The first-order valence-electron chi connectivity index (χ1n) is 6.27. The molecule has 0 radical (unpaired) electrons. The molecule has 0 aromatic heterocycles. The van der Waals surface area contributed by atoms with Crippen LogP contribution < -0.4 is 0 Å². The summed E-state index contributed by atoms with van der Waals surface area (Å²) in [6.45, 7) is 1.67. The molecule has 2 nitrogen and oxygen atoms in total. The SMILES string of the molecule is OC[C@@H]1CC=CC[C@@H]1COCc1ccccc1. The first-order chi connectivity index (χ1) is 8.40. The van der Waals surface area contributed by atoms with Crippen molar-refractivity contribution in [2.24, 2.45) is 11.8 Å². The molecule has 0 aliphatic heterocycles. The Labute approximate surface area is 103 Å². The fourth-order valence-corrected chi connectivity index (χ4v) is 2.26. The summed E-state index contributed by atoms with van der Waals surface area (Å²) >= 11 is 0. The third kappa shape index (κ3) is 3.69. The van der Waals surface area contributed by atoms with Crippen molar-refractivity contribution in [1.82, 2.24) is 0 Å². The molecule has 92 valence electrons. The second-order valence-electron chi connectivity index (χ2n) is 4.65. The Morgan fingerprint density at radius 3 is 2.47 bits per heavy atom. The number of hydrogen-bond acceptors (Lipinski definition) is 2. The number of hydrogen-bond donors (Lipinski definition) is 1. The van der Waals surface area contributed by atoms with Gasteiger partial charge in [0, 0.05) is 6.61 Å². The van der Waals surface area contributed by atoms with Gasteiger partial charge in [-0.25, -0.2) is 0 Å². The molecule has 1 aliphatic rings. The van der Waals surface area contributed by atoms with Gasteiger partial charge in [0.1, 0.15) is 0 Å². The Morgan fingerprint density at radius 1 is 1.06 bits per heavy atom. The molecule has 2 rings (SSSR count). The largest absolute Gasteiger partial charge is 0.396 e. The summed E-state index contributed by atoms with van der Waals surface area (Å²) in [5, 5.41) is 9.29. The Bertz CT molecular complexity index is 345. The highest BCUT2D eigenvalue weighted by Gasteiger charge is 2.21. The lowest BCUT2D eigenvalue weighted by Crippen LogP contribution is -2.24. The van der Waals surface area contributed by atoms with Gasteiger partial charge in [-0.15, -0.1) is 0 Å². The summed E-state index contributed by atoms with van der Waals surface area (Å²) in [6.07, 6.45) is 6.37. The zero-order chi connectivity index (χ0) is 11.9. The van der Waals surface area contributed by atoms with E-state index in [1.165, 1.54) is 5.56 Å². The third-order valence-corrected chi connectivity index (χ3v) is 3.39. The predicted molar refractivity (Wildman–Crippen MR) is 68.5 cm³/mol. The first-order valence-corrected chi connectivity index (χ1v) is 6.27. The first kappa shape index (κ1) is 12.3. The Morgan fingerprint density at radius 2 is 1.76 bits per heavy atom. The van der Waals surface area contributed by atoms with Crippen molar-refractivity contribution in [2.45, 2.75) is 19.4 Å². The zero-order valence-electron chi connectivity index (χ0n) is 10.1. The number of aliphatic hydroxyl groups is 1. The smallest absolute Gasteiger partial charge is 0.0717 e. The van der Waals surface area contributed by atoms with E-state index in [0.717, 1.165) is 19.4 Å². The fraction of sp³-hybridized carbons (Fsp3) is 0.467. The summed E-state index contributed by atoms with van der Waals surface area (Å²) in [7, 11) is 0. The standard InChI is InChI=1S/C15H20O2/c16-10-14-8-4-5-9-15(14)12-17-11-13-6-2-1-3-7-13/h1-7,14-16H,8-12H2/t14-,15+/m0/s1. The maximum atomic E-state index is 9.29. The van der Waals surface area contributed by atoms with Crippen LogP contribution in [0.1, 0.15) is 18.4 Å².